The van der Waals surface area contributed by atoms with Gasteiger partial charge in [-0.05, 0) is 36.6 Å². The smallest absolute Gasteiger partial charge is 0.0400 e. The predicted octanol–water partition coefficient (Wildman–Crippen LogP) is 1.37. The quantitative estimate of drug-likeness (QED) is 0.717. The van der Waals surface area contributed by atoms with Crippen molar-refractivity contribution in [2.45, 2.75) is 25.8 Å². The molecule has 0 aliphatic carbocycles. The SMILES string of the molecule is CCc1cc(N)ccc1N1CCC(N)C1. The number of benzene rings is 1. The molecule has 1 fully saturated rings. The van der Waals surface area contributed by atoms with Crippen LogP contribution in [0.3, 0.4) is 0 Å². The molecule has 1 aliphatic rings. The van der Waals surface area contributed by atoms with Gasteiger partial charge in [0.15, 0.2) is 0 Å². The third-order valence-corrected chi connectivity index (χ3v) is 3.05. The minimum absolute atomic E-state index is 0.326. The maximum absolute atomic E-state index is 5.92. The van der Waals surface area contributed by atoms with Gasteiger partial charge in [-0.25, -0.2) is 0 Å². The summed E-state index contributed by atoms with van der Waals surface area (Å²) in [6.45, 7) is 4.20. The number of anilines is 2. The molecule has 1 aromatic rings. The molecule has 0 spiro atoms. The first-order valence-electron chi connectivity index (χ1n) is 5.59. The molecule has 0 aromatic heterocycles. The normalized spacial score (nSPS) is 20.9. The highest BCUT2D eigenvalue weighted by atomic mass is 15.2. The predicted molar refractivity (Wildman–Crippen MR) is 65.0 cm³/mol. The Balaban J connectivity index is 2.27. The van der Waals surface area contributed by atoms with Gasteiger partial charge in [0.1, 0.15) is 0 Å². The second-order valence-electron chi connectivity index (χ2n) is 4.24. The molecule has 4 N–H and O–H groups in total. The monoisotopic (exact) mass is 205 g/mol. The van der Waals surface area contributed by atoms with Crippen molar-refractivity contribution in [3.63, 3.8) is 0 Å². The molecule has 1 aromatic carbocycles. The first-order chi connectivity index (χ1) is 7.20. The van der Waals surface area contributed by atoms with E-state index in [4.69, 9.17) is 11.5 Å². The van der Waals surface area contributed by atoms with E-state index in [9.17, 15) is 0 Å². The van der Waals surface area contributed by atoms with Crippen LogP contribution in [0.15, 0.2) is 18.2 Å². The van der Waals surface area contributed by atoms with Crippen molar-refractivity contribution in [1.82, 2.24) is 0 Å². The highest BCUT2D eigenvalue weighted by Crippen LogP contribution is 2.26. The topological polar surface area (TPSA) is 55.3 Å². The molecule has 1 saturated heterocycles. The Bertz CT molecular complexity index is 349. The molecule has 3 heteroatoms. The molecule has 1 unspecified atom stereocenters. The van der Waals surface area contributed by atoms with Gasteiger partial charge in [-0.3, -0.25) is 0 Å². The Morgan fingerprint density at radius 1 is 1.47 bits per heavy atom. The zero-order valence-corrected chi connectivity index (χ0v) is 9.24. The summed E-state index contributed by atoms with van der Waals surface area (Å²) >= 11 is 0. The van der Waals surface area contributed by atoms with Crippen LogP contribution in [0.25, 0.3) is 0 Å². The number of nitrogens with two attached hydrogens (primary N) is 2. The third kappa shape index (κ3) is 2.07. The Morgan fingerprint density at radius 3 is 2.87 bits per heavy atom. The van der Waals surface area contributed by atoms with E-state index in [-0.39, 0.29) is 0 Å². The number of aryl methyl sites for hydroxylation is 1. The lowest BCUT2D eigenvalue weighted by Gasteiger charge is -2.21. The van der Waals surface area contributed by atoms with Crippen molar-refractivity contribution in [1.29, 1.82) is 0 Å². The van der Waals surface area contributed by atoms with Crippen LogP contribution < -0.4 is 16.4 Å². The van der Waals surface area contributed by atoms with Crippen molar-refractivity contribution in [3.05, 3.63) is 23.8 Å². The fourth-order valence-electron chi connectivity index (χ4n) is 2.20. The van der Waals surface area contributed by atoms with E-state index in [1.54, 1.807) is 0 Å². The van der Waals surface area contributed by atoms with Gasteiger partial charge in [-0.1, -0.05) is 6.92 Å². The van der Waals surface area contributed by atoms with Gasteiger partial charge >= 0.3 is 0 Å². The van der Waals surface area contributed by atoms with Crippen LogP contribution in [0.1, 0.15) is 18.9 Å². The highest BCUT2D eigenvalue weighted by molar-refractivity contribution is 5.60. The zero-order valence-electron chi connectivity index (χ0n) is 9.24. The lowest BCUT2D eigenvalue weighted by molar-refractivity contribution is 0.752. The van der Waals surface area contributed by atoms with Gasteiger partial charge in [0.2, 0.25) is 0 Å². The molecule has 1 atom stereocenters. The number of nitrogens with zero attached hydrogens (tertiary/aromatic N) is 1. The second kappa shape index (κ2) is 4.11. The van der Waals surface area contributed by atoms with Crippen LogP contribution in [-0.2, 0) is 6.42 Å². The Morgan fingerprint density at radius 2 is 2.27 bits per heavy atom. The molecule has 15 heavy (non-hydrogen) atoms. The second-order valence-corrected chi connectivity index (χ2v) is 4.24. The molecular weight excluding hydrogens is 186 g/mol. The van der Waals surface area contributed by atoms with Gasteiger partial charge in [-0.15, -0.1) is 0 Å². The average molecular weight is 205 g/mol. The molecule has 0 amide bonds. The molecule has 3 nitrogen and oxygen atoms in total. The zero-order chi connectivity index (χ0) is 10.8. The molecule has 1 aliphatic heterocycles. The number of hydrogen-bond donors (Lipinski definition) is 2. The van der Waals surface area contributed by atoms with Gasteiger partial charge in [-0.2, -0.15) is 0 Å². The molecular formula is C12H19N3. The highest BCUT2D eigenvalue weighted by Gasteiger charge is 2.20. The Hall–Kier alpha value is -1.22. The van der Waals surface area contributed by atoms with E-state index in [1.807, 2.05) is 6.07 Å². The number of hydrogen-bond acceptors (Lipinski definition) is 3. The van der Waals surface area contributed by atoms with Crippen LogP contribution >= 0.6 is 0 Å². The van der Waals surface area contributed by atoms with Gasteiger partial charge in [0.25, 0.3) is 0 Å². The fourth-order valence-corrected chi connectivity index (χ4v) is 2.20. The average Bonchev–Trinajstić information content (AvgIpc) is 2.64. The summed E-state index contributed by atoms with van der Waals surface area (Å²) in [5.41, 5.74) is 15.2. The molecule has 0 bridgehead atoms. The van der Waals surface area contributed by atoms with Crippen LogP contribution in [0.5, 0.6) is 0 Å². The lowest BCUT2D eigenvalue weighted by Crippen LogP contribution is -2.26. The maximum Gasteiger partial charge on any atom is 0.0400 e. The van der Waals surface area contributed by atoms with Crippen LogP contribution in [0.4, 0.5) is 11.4 Å². The van der Waals surface area contributed by atoms with Crippen LogP contribution in [0, 0.1) is 0 Å². The van der Waals surface area contributed by atoms with E-state index < -0.39 is 0 Å². The summed E-state index contributed by atoms with van der Waals surface area (Å²) in [6, 6.07) is 6.48. The summed E-state index contributed by atoms with van der Waals surface area (Å²) in [5, 5.41) is 0. The molecule has 1 heterocycles. The van der Waals surface area contributed by atoms with Gasteiger partial charge < -0.3 is 16.4 Å². The van der Waals surface area contributed by atoms with Crippen molar-refractivity contribution >= 4 is 11.4 Å². The van der Waals surface area contributed by atoms with E-state index in [1.165, 1.54) is 11.3 Å². The number of rotatable bonds is 2. The van der Waals surface area contributed by atoms with E-state index >= 15 is 0 Å². The van der Waals surface area contributed by atoms with E-state index in [0.717, 1.165) is 31.6 Å². The largest absolute Gasteiger partial charge is 0.399 e. The molecule has 82 valence electrons. The van der Waals surface area contributed by atoms with Crippen LogP contribution in [0.2, 0.25) is 0 Å². The first-order valence-corrected chi connectivity index (χ1v) is 5.59. The van der Waals surface area contributed by atoms with Gasteiger partial charge in [0, 0.05) is 30.5 Å². The van der Waals surface area contributed by atoms with Gasteiger partial charge in [0.05, 0.1) is 0 Å². The maximum atomic E-state index is 5.92. The summed E-state index contributed by atoms with van der Waals surface area (Å²) in [4.78, 5) is 2.36. The molecule has 0 radical (unpaired) electrons. The summed E-state index contributed by atoms with van der Waals surface area (Å²) < 4.78 is 0. The molecule has 2 rings (SSSR count). The van der Waals surface area contributed by atoms with Crippen molar-refractivity contribution in [2.24, 2.45) is 5.73 Å². The van der Waals surface area contributed by atoms with Crippen molar-refractivity contribution < 1.29 is 0 Å². The van der Waals surface area contributed by atoms with Crippen molar-refractivity contribution in [3.8, 4) is 0 Å². The fraction of sp³-hybridized carbons (Fsp3) is 0.500. The number of nitrogen functional groups attached to an aromatic ring is 1. The summed E-state index contributed by atoms with van der Waals surface area (Å²) in [6.07, 6.45) is 2.11. The first kappa shape index (κ1) is 10.3. The molecule has 0 saturated carbocycles. The summed E-state index contributed by atoms with van der Waals surface area (Å²) in [7, 11) is 0. The summed E-state index contributed by atoms with van der Waals surface area (Å²) in [5.74, 6) is 0. The Labute approximate surface area is 91.1 Å². The minimum atomic E-state index is 0.326. The minimum Gasteiger partial charge on any atom is -0.399 e. The standard InChI is InChI=1S/C12H19N3/c1-2-9-7-10(13)3-4-12(9)15-6-5-11(14)8-15/h3-4,7,11H,2,5-6,8,13-14H2,1H3. The van der Waals surface area contributed by atoms with E-state index in [0.29, 0.717) is 6.04 Å². The van der Waals surface area contributed by atoms with Crippen LogP contribution in [-0.4, -0.2) is 19.1 Å². The van der Waals surface area contributed by atoms with Crippen molar-refractivity contribution in [2.75, 3.05) is 23.7 Å². The van der Waals surface area contributed by atoms with E-state index in [2.05, 4.69) is 24.0 Å². The lowest BCUT2D eigenvalue weighted by atomic mass is 10.1. The Kier molecular flexibility index (Phi) is 2.82. The third-order valence-electron chi connectivity index (χ3n) is 3.05.